The predicted octanol–water partition coefficient (Wildman–Crippen LogP) is 5.50. The quantitative estimate of drug-likeness (QED) is 0.525. The van der Waals surface area contributed by atoms with E-state index < -0.39 is 0 Å². The van der Waals surface area contributed by atoms with Gasteiger partial charge < -0.3 is 14.8 Å². The Labute approximate surface area is 159 Å². The Morgan fingerprint density at radius 2 is 1.22 bits per heavy atom. The Kier molecular flexibility index (Phi) is 3.86. The van der Waals surface area contributed by atoms with Crippen LogP contribution in [0, 0.1) is 6.92 Å². The minimum absolute atomic E-state index is 0.172. The molecule has 0 atom stereocenters. The smallest absolute Gasteiger partial charge is 0.130 e. The standard InChI is InChI=1S/C24H23N3/c1-18-23(21-14-8-9-15-22(21)25-18)24-26(19-10-4-2-5-11-19)16-17-27(24)20-12-6-3-7-13-20/h2-15,24-25H,16-17H2,1H3. The first kappa shape index (κ1) is 16.0. The van der Waals surface area contributed by atoms with Crippen molar-refractivity contribution in [2.24, 2.45) is 0 Å². The lowest BCUT2D eigenvalue weighted by molar-refractivity contribution is 0.717. The fourth-order valence-corrected chi connectivity index (χ4v) is 4.35. The topological polar surface area (TPSA) is 22.3 Å². The van der Waals surface area contributed by atoms with Gasteiger partial charge in [0.15, 0.2) is 0 Å². The molecule has 4 aromatic rings. The van der Waals surface area contributed by atoms with Gasteiger partial charge in [-0.15, -0.1) is 0 Å². The molecule has 5 rings (SSSR count). The maximum absolute atomic E-state index is 3.59. The van der Waals surface area contributed by atoms with E-state index in [0.717, 1.165) is 13.1 Å². The van der Waals surface area contributed by atoms with Crippen LogP contribution in [0.4, 0.5) is 11.4 Å². The van der Waals surface area contributed by atoms with E-state index in [9.17, 15) is 0 Å². The second-order valence-corrected chi connectivity index (χ2v) is 7.14. The van der Waals surface area contributed by atoms with Gasteiger partial charge in [-0.25, -0.2) is 0 Å². The minimum Gasteiger partial charge on any atom is -0.358 e. The third kappa shape index (κ3) is 2.67. The molecule has 3 heteroatoms. The lowest BCUT2D eigenvalue weighted by Crippen LogP contribution is -2.31. The van der Waals surface area contributed by atoms with E-state index in [4.69, 9.17) is 0 Å². The summed E-state index contributed by atoms with van der Waals surface area (Å²) in [6.45, 7) is 4.20. The highest BCUT2D eigenvalue weighted by Gasteiger charge is 2.36. The molecule has 27 heavy (non-hydrogen) atoms. The van der Waals surface area contributed by atoms with Crippen LogP contribution in [0.5, 0.6) is 0 Å². The van der Waals surface area contributed by atoms with E-state index in [1.54, 1.807) is 0 Å². The zero-order valence-electron chi connectivity index (χ0n) is 15.5. The molecule has 3 nitrogen and oxygen atoms in total. The first-order valence-electron chi connectivity index (χ1n) is 9.53. The second-order valence-electron chi connectivity index (χ2n) is 7.14. The first-order chi connectivity index (χ1) is 13.3. The number of anilines is 2. The average molecular weight is 353 g/mol. The van der Waals surface area contributed by atoms with Gasteiger partial charge in [0.1, 0.15) is 6.17 Å². The highest BCUT2D eigenvalue weighted by Crippen LogP contribution is 2.41. The van der Waals surface area contributed by atoms with Gasteiger partial charge >= 0.3 is 0 Å². The van der Waals surface area contributed by atoms with Crippen LogP contribution in [0.25, 0.3) is 10.9 Å². The number of rotatable bonds is 3. The number of hydrogen-bond acceptors (Lipinski definition) is 2. The van der Waals surface area contributed by atoms with E-state index in [1.807, 2.05) is 0 Å². The molecule has 134 valence electrons. The number of hydrogen-bond donors (Lipinski definition) is 1. The Morgan fingerprint density at radius 3 is 1.81 bits per heavy atom. The Bertz CT molecular complexity index is 1010. The maximum atomic E-state index is 3.59. The number of fused-ring (bicyclic) bond motifs is 1. The van der Waals surface area contributed by atoms with Crippen molar-refractivity contribution in [1.29, 1.82) is 0 Å². The number of H-pyrrole nitrogens is 1. The number of aryl methyl sites for hydroxylation is 1. The van der Waals surface area contributed by atoms with Crippen molar-refractivity contribution in [1.82, 2.24) is 4.98 Å². The molecule has 1 aromatic heterocycles. The van der Waals surface area contributed by atoms with Crippen molar-refractivity contribution in [2.75, 3.05) is 22.9 Å². The van der Waals surface area contributed by atoms with Gasteiger partial charge in [0.2, 0.25) is 0 Å². The van der Waals surface area contributed by atoms with Crippen molar-refractivity contribution in [2.45, 2.75) is 13.1 Å². The second kappa shape index (κ2) is 6.51. The monoisotopic (exact) mass is 353 g/mol. The fourth-order valence-electron chi connectivity index (χ4n) is 4.35. The number of nitrogens with zero attached hydrogens (tertiary/aromatic N) is 2. The summed E-state index contributed by atoms with van der Waals surface area (Å²) >= 11 is 0. The molecule has 0 radical (unpaired) electrons. The van der Waals surface area contributed by atoms with Crippen molar-refractivity contribution in [3.8, 4) is 0 Å². The van der Waals surface area contributed by atoms with Gasteiger partial charge in [-0.3, -0.25) is 0 Å². The van der Waals surface area contributed by atoms with Crippen LogP contribution in [0.15, 0.2) is 84.9 Å². The molecule has 0 bridgehead atoms. The highest BCUT2D eigenvalue weighted by molar-refractivity contribution is 5.86. The van der Waals surface area contributed by atoms with Gasteiger partial charge in [0.25, 0.3) is 0 Å². The third-order valence-corrected chi connectivity index (χ3v) is 5.55. The number of benzene rings is 3. The maximum Gasteiger partial charge on any atom is 0.130 e. The molecule has 0 spiro atoms. The molecule has 3 aromatic carbocycles. The molecule has 1 saturated heterocycles. The normalized spacial score (nSPS) is 15.0. The third-order valence-electron chi connectivity index (χ3n) is 5.55. The summed E-state index contributed by atoms with van der Waals surface area (Å²) in [5.74, 6) is 0. The van der Waals surface area contributed by atoms with E-state index >= 15 is 0 Å². The van der Waals surface area contributed by atoms with Crippen molar-refractivity contribution >= 4 is 22.3 Å². The van der Waals surface area contributed by atoms with Crippen LogP contribution < -0.4 is 9.80 Å². The molecule has 1 fully saturated rings. The largest absolute Gasteiger partial charge is 0.358 e. The fraction of sp³-hybridized carbons (Fsp3) is 0.167. The Balaban J connectivity index is 1.70. The molecule has 0 saturated carbocycles. The van der Waals surface area contributed by atoms with Crippen LogP contribution >= 0.6 is 0 Å². The van der Waals surface area contributed by atoms with Crippen LogP contribution in [0.3, 0.4) is 0 Å². The molecule has 1 N–H and O–H groups in total. The molecule has 1 aliphatic heterocycles. The van der Waals surface area contributed by atoms with Crippen LogP contribution in [0.2, 0.25) is 0 Å². The molecular formula is C24H23N3. The summed E-state index contributed by atoms with van der Waals surface area (Å²) in [7, 11) is 0. The summed E-state index contributed by atoms with van der Waals surface area (Å²) in [4.78, 5) is 8.64. The summed E-state index contributed by atoms with van der Waals surface area (Å²) in [6, 6.07) is 30.2. The van der Waals surface area contributed by atoms with E-state index in [-0.39, 0.29) is 6.17 Å². The molecule has 0 unspecified atom stereocenters. The molecule has 1 aliphatic rings. The SMILES string of the molecule is Cc1[nH]c2ccccc2c1C1N(c2ccccc2)CCN1c1ccccc1. The van der Waals surface area contributed by atoms with Crippen molar-refractivity contribution in [3.63, 3.8) is 0 Å². The van der Waals surface area contributed by atoms with Gasteiger partial charge in [0, 0.05) is 46.6 Å². The Morgan fingerprint density at radius 1 is 0.704 bits per heavy atom. The van der Waals surface area contributed by atoms with Crippen LogP contribution in [-0.2, 0) is 0 Å². The van der Waals surface area contributed by atoms with Gasteiger partial charge in [-0.1, -0.05) is 54.6 Å². The van der Waals surface area contributed by atoms with Gasteiger partial charge in [-0.05, 0) is 37.3 Å². The molecule has 0 amide bonds. The number of nitrogens with one attached hydrogen (secondary N) is 1. The molecular weight excluding hydrogens is 330 g/mol. The van der Waals surface area contributed by atoms with Crippen LogP contribution in [0.1, 0.15) is 17.4 Å². The van der Waals surface area contributed by atoms with Gasteiger partial charge in [0.05, 0.1) is 0 Å². The molecule has 2 heterocycles. The van der Waals surface area contributed by atoms with Crippen molar-refractivity contribution in [3.05, 3.63) is 96.2 Å². The lowest BCUT2D eigenvalue weighted by Gasteiger charge is -2.33. The summed E-state index contributed by atoms with van der Waals surface area (Å²) < 4.78 is 0. The van der Waals surface area contributed by atoms with E-state index in [0.29, 0.717) is 0 Å². The number of aromatic nitrogens is 1. The highest BCUT2D eigenvalue weighted by atomic mass is 15.4. The zero-order chi connectivity index (χ0) is 18.2. The average Bonchev–Trinajstić information content (AvgIpc) is 3.29. The summed E-state index contributed by atoms with van der Waals surface area (Å²) in [6.07, 6.45) is 0.172. The van der Waals surface area contributed by atoms with Crippen LogP contribution in [-0.4, -0.2) is 18.1 Å². The van der Waals surface area contributed by atoms with Crippen molar-refractivity contribution < 1.29 is 0 Å². The zero-order valence-corrected chi connectivity index (χ0v) is 15.5. The lowest BCUT2D eigenvalue weighted by atomic mass is 10.1. The molecule has 0 aliphatic carbocycles. The minimum atomic E-state index is 0.172. The Hall–Kier alpha value is -3.20. The summed E-state index contributed by atoms with van der Waals surface area (Å²) in [5, 5.41) is 1.31. The van der Waals surface area contributed by atoms with Gasteiger partial charge in [-0.2, -0.15) is 0 Å². The predicted molar refractivity (Wildman–Crippen MR) is 113 cm³/mol. The summed E-state index contributed by atoms with van der Waals surface area (Å²) in [5.41, 5.74) is 6.36. The number of para-hydroxylation sites is 3. The number of aromatic amines is 1. The van der Waals surface area contributed by atoms with E-state index in [1.165, 1.54) is 33.5 Å². The first-order valence-corrected chi connectivity index (χ1v) is 9.53. The van der Waals surface area contributed by atoms with E-state index in [2.05, 4.69) is 107 Å².